The lowest BCUT2D eigenvalue weighted by Crippen LogP contribution is -2.33. The summed E-state index contributed by atoms with van der Waals surface area (Å²) >= 11 is 6.04. The van der Waals surface area contributed by atoms with Crippen molar-refractivity contribution in [1.29, 1.82) is 0 Å². The van der Waals surface area contributed by atoms with Crippen molar-refractivity contribution in [1.82, 2.24) is 4.98 Å². The summed E-state index contributed by atoms with van der Waals surface area (Å²) in [5.74, 6) is -0.913. The van der Waals surface area contributed by atoms with E-state index in [0.717, 1.165) is 10.9 Å². The Morgan fingerprint density at radius 2 is 1.89 bits per heavy atom. The van der Waals surface area contributed by atoms with Crippen molar-refractivity contribution in [2.75, 3.05) is 11.4 Å². The average Bonchev–Trinajstić information content (AvgIpc) is 2.69. The molecule has 2 aromatic carbocycles. The molecule has 1 heterocycles. The molecule has 0 bridgehead atoms. The number of aliphatic carboxylic acids is 1. The Balaban J connectivity index is 1.86. The molecule has 0 aliphatic carbocycles. The molecule has 0 saturated heterocycles. The summed E-state index contributed by atoms with van der Waals surface area (Å²) in [7, 11) is 0. The quantitative estimate of drug-likeness (QED) is 0.612. The van der Waals surface area contributed by atoms with Crippen LogP contribution in [0.3, 0.4) is 0 Å². The van der Waals surface area contributed by atoms with E-state index >= 15 is 0 Å². The summed E-state index contributed by atoms with van der Waals surface area (Å²) in [6.07, 6.45) is 1.30. The van der Waals surface area contributed by atoms with Crippen LogP contribution in [0.5, 0.6) is 0 Å². The van der Waals surface area contributed by atoms with E-state index in [0.29, 0.717) is 22.6 Å². The van der Waals surface area contributed by atoms with Gasteiger partial charge in [0.1, 0.15) is 6.61 Å². The molecule has 6 nitrogen and oxygen atoms in total. The van der Waals surface area contributed by atoms with Crippen molar-refractivity contribution in [2.45, 2.75) is 19.4 Å². The van der Waals surface area contributed by atoms with Gasteiger partial charge in [-0.3, -0.25) is 14.7 Å². The minimum absolute atomic E-state index is 0.0443. The molecule has 1 amide bonds. The number of pyridine rings is 1. The van der Waals surface area contributed by atoms with Crippen LogP contribution < -0.4 is 4.90 Å². The van der Waals surface area contributed by atoms with Crippen LogP contribution in [0.4, 0.5) is 10.5 Å². The zero-order chi connectivity index (χ0) is 19.9. The minimum atomic E-state index is -0.913. The van der Waals surface area contributed by atoms with E-state index in [1.165, 1.54) is 4.90 Å². The Morgan fingerprint density at radius 3 is 2.64 bits per heavy atom. The summed E-state index contributed by atoms with van der Waals surface area (Å²) < 4.78 is 5.47. The van der Waals surface area contributed by atoms with Crippen LogP contribution in [0.15, 0.2) is 60.8 Å². The first-order valence-corrected chi connectivity index (χ1v) is 9.16. The van der Waals surface area contributed by atoms with Crippen molar-refractivity contribution < 1.29 is 19.4 Å². The largest absolute Gasteiger partial charge is 0.481 e. The minimum Gasteiger partial charge on any atom is -0.481 e. The maximum Gasteiger partial charge on any atom is 0.414 e. The Bertz CT molecular complexity index is 979. The van der Waals surface area contributed by atoms with Crippen molar-refractivity contribution in [3.63, 3.8) is 0 Å². The first-order chi connectivity index (χ1) is 13.5. The molecule has 0 spiro atoms. The van der Waals surface area contributed by atoms with E-state index in [1.807, 2.05) is 30.3 Å². The number of rotatable bonds is 7. The number of halogens is 1. The maximum absolute atomic E-state index is 12.8. The van der Waals surface area contributed by atoms with E-state index in [-0.39, 0.29) is 19.6 Å². The Kier molecular flexibility index (Phi) is 6.45. The molecule has 3 rings (SSSR count). The lowest BCUT2D eigenvalue weighted by molar-refractivity contribution is -0.137. The van der Waals surface area contributed by atoms with Crippen LogP contribution in [0.2, 0.25) is 5.02 Å². The fourth-order valence-corrected chi connectivity index (χ4v) is 3.00. The highest BCUT2D eigenvalue weighted by Crippen LogP contribution is 2.28. The van der Waals surface area contributed by atoms with Gasteiger partial charge >= 0.3 is 12.1 Å². The third kappa shape index (κ3) is 4.98. The van der Waals surface area contributed by atoms with Gasteiger partial charge in [-0.2, -0.15) is 0 Å². The Labute approximate surface area is 167 Å². The van der Waals surface area contributed by atoms with E-state index in [2.05, 4.69) is 4.98 Å². The smallest absolute Gasteiger partial charge is 0.414 e. The topological polar surface area (TPSA) is 79.7 Å². The Hall–Kier alpha value is -3.12. The summed E-state index contributed by atoms with van der Waals surface area (Å²) in [5, 5.41) is 10.2. The molecule has 3 aromatic rings. The first kappa shape index (κ1) is 19.6. The molecule has 0 atom stereocenters. The molecular weight excluding hydrogens is 380 g/mol. The SMILES string of the molecule is O=C(O)CCCN(C(=O)OCc1ccccc1)c1ccnc2cc(Cl)ccc12. The van der Waals surface area contributed by atoms with Gasteiger partial charge in [-0.05, 0) is 36.2 Å². The van der Waals surface area contributed by atoms with E-state index in [1.54, 1.807) is 30.5 Å². The Morgan fingerprint density at radius 1 is 1.11 bits per heavy atom. The maximum atomic E-state index is 12.8. The van der Waals surface area contributed by atoms with Gasteiger partial charge in [-0.1, -0.05) is 41.9 Å². The van der Waals surface area contributed by atoms with Crippen LogP contribution >= 0.6 is 11.6 Å². The highest BCUT2D eigenvalue weighted by molar-refractivity contribution is 6.31. The normalized spacial score (nSPS) is 10.6. The van der Waals surface area contributed by atoms with E-state index in [9.17, 15) is 9.59 Å². The molecule has 0 unspecified atom stereocenters. The number of carboxylic acid groups (broad SMARTS) is 1. The van der Waals surface area contributed by atoms with Crippen LogP contribution in [-0.4, -0.2) is 28.7 Å². The van der Waals surface area contributed by atoms with Gasteiger partial charge in [-0.25, -0.2) is 4.79 Å². The molecule has 1 N–H and O–H groups in total. The van der Waals surface area contributed by atoms with Crippen LogP contribution in [0.1, 0.15) is 18.4 Å². The lowest BCUT2D eigenvalue weighted by Gasteiger charge is -2.23. The van der Waals surface area contributed by atoms with Crippen LogP contribution in [0, 0.1) is 0 Å². The third-order valence-electron chi connectivity index (χ3n) is 4.17. The number of hydrogen-bond acceptors (Lipinski definition) is 4. The molecule has 144 valence electrons. The monoisotopic (exact) mass is 398 g/mol. The third-order valence-corrected chi connectivity index (χ3v) is 4.41. The van der Waals surface area contributed by atoms with Crippen molar-refractivity contribution in [2.24, 2.45) is 0 Å². The van der Waals surface area contributed by atoms with Gasteiger partial charge in [0.25, 0.3) is 0 Å². The number of anilines is 1. The molecular formula is C21H19ClN2O4. The number of carboxylic acids is 1. The summed E-state index contributed by atoms with van der Waals surface area (Å²) in [5.41, 5.74) is 2.11. The molecule has 0 saturated carbocycles. The number of fused-ring (bicyclic) bond motifs is 1. The molecule has 28 heavy (non-hydrogen) atoms. The molecule has 0 aliphatic rings. The highest BCUT2D eigenvalue weighted by atomic mass is 35.5. The zero-order valence-electron chi connectivity index (χ0n) is 15.0. The van der Waals surface area contributed by atoms with Crippen molar-refractivity contribution in [3.8, 4) is 0 Å². The summed E-state index contributed by atoms with van der Waals surface area (Å²) in [6.45, 7) is 0.339. The fraction of sp³-hybridized carbons (Fsp3) is 0.190. The van der Waals surface area contributed by atoms with E-state index in [4.69, 9.17) is 21.4 Å². The molecule has 7 heteroatoms. The zero-order valence-corrected chi connectivity index (χ0v) is 15.8. The number of hydrogen-bond donors (Lipinski definition) is 1. The van der Waals surface area contributed by atoms with Gasteiger partial charge < -0.3 is 9.84 Å². The van der Waals surface area contributed by atoms with Gasteiger partial charge in [-0.15, -0.1) is 0 Å². The van der Waals surface area contributed by atoms with Gasteiger partial charge in [0, 0.05) is 29.6 Å². The second kappa shape index (κ2) is 9.19. The molecule has 1 aromatic heterocycles. The predicted molar refractivity (Wildman–Crippen MR) is 108 cm³/mol. The number of nitrogens with zero attached hydrogens (tertiary/aromatic N) is 2. The average molecular weight is 399 g/mol. The predicted octanol–water partition coefficient (Wildman–Crippen LogP) is 4.90. The van der Waals surface area contributed by atoms with Crippen LogP contribution in [0.25, 0.3) is 10.9 Å². The van der Waals surface area contributed by atoms with Crippen LogP contribution in [-0.2, 0) is 16.1 Å². The number of carbonyl (C=O) groups is 2. The second-order valence-electron chi connectivity index (χ2n) is 6.18. The number of ether oxygens (including phenoxy) is 1. The van der Waals surface area contributed by atoms with Gasteiger partial charge in [0.05, 0.1) is 11.2 Å². The number of carbonyl (C=O) groups excluding carboxylic acids is 1. The standard InChI is InChI=1S/C21H19ClN2O4/c22-16-8-9-17-18(13-16)23-11-10-19(17)24(12-4-7-20(25)26)21(27)28-14-15-5-2-1-3-6-15/h1-3,5-6,8-11,13H,4,7,12,14H2,(H,25,26). The number of aromatic nitrogens is 1. The summed E-state index contributed by atoms with van der Waals surface area (Å²) in [4.78, 5) is 29.4. The number of benzene rings is 2. The fourth-order valence-electron chi connectivity index (χ4n) is 2.84. The molecule has 0 radical (unpaired) electrons. The van der Waals surface area contributed by atoms with Crippen molar-refractivity contribution >= 4 is 40.3 Å². The first-order valence-electron chi connectivity index (χ1n) is 8.79. The van der Waals surface area contributed by atoms with Gasteiger partial charge in [0.15, 0.2) is 0 Å². The number of amides is 1. The van der Waals surface area contributed by atoms with E-state index < -0.39 is 12.1 Å². The van der Waals surface area contributed by atoms with Gasteiger partial charge in [0.2, 0.25) is 0 Å². The lowest BCUT2D eigenvalue weighted by atomic mass is 10.1. The summed E-state index contributed by atoms with van der Waals surface area (Å²) in [6, 6.07) is 16.3. The molecule has 0 fully saturated rings. The second-order valence-corrected chi connectivity index (χ2v) is 6.62. The van der Waals surface area contributed by atoms with Crippen molar-refractivity contribution in [3.05, 3.63) is 71.4 Å². The highest BCUT2D eigenvalue weighted by Gasteiger charge is 2.20. The molecule has 0 aliphatic heterocycles.